The molecule has 1 N–H and O–H groups in total. The van der Waals surface area contributed by atoms with E-state index in [9.17, 15) is 9.59 Å². The van der Waals surface area contributed by atoms with Gasteiger partial charge in [-0.05, 0) is 55.3 Å². The number of nitrogens with one attached hydrogen (secondary N) is 1. The van der Waals surface area contributed by atoms with Gasteiger partial charge in [-0.25, -0.2) is 0 Å². The van der Waals surface area contributed by atoms with E-state index in [1.165, 1.54) is 0 Å². The molecule has 0 unspecified atom stereocenters. The van der Waals surface area contributed by atoms with E-state index in [0.717, 1.165) is 11.1 Å². The Kier molecular flexibility index (Phi) is 6.08. The number of nitrogens with zero attached hydrogens (tertiary/aromatic N) is 1. The second-order valence-corrected chi connectivity index (χ2v) is 6.52. The molecule has 0 atom stereocenters. The number of aryl methyl sites for hydroxylation is 1. The Morgan fingerprint density at radius 1 is 1.07 bits per heavy atom. The van der Waals surface area contributed by atoms with Gasteiger partial charge < -0.3 is 19.7 Å². The zero-order valence-electron chi connectivity index (χ0n) is 15.7. The molecule has 0 aliphatic carbocycles. The summed E-state index contributed by atoms with van der Waals surface area (Å²) in [5.74, 6) is 0.439. The lowest BCUT2D eigenvalue weighted by Gasteiger charge is -2.26. The Labute approximate surface area is 159 Å². The summed E-state index contributed by atoms with van der Waals surface area (Å²) in [4.78, 5) is 26.3. The fraction of sp³-hybridized carbons (Fsp3) is 0.333. The molecule has 2 aromatic carbocycles. The molecule has 0 saturated carbocycles. The molecule has 0 radical (unpaired) electrons. The van der Waals surface area contributed by atoms with Crippen LogP contribution in [0.3, 0.4) is 0 Å². The van der Waals surface area contributed by atoms with Gasteiger partial charge in [0.25, 0.3) is 11.8 Å². The maximum absolute atomic E-state index is 12.4. The van der Waals surface area contributed by atoms with Crippen molar-refractivity contribution in [2.24, 2.45) is 0 Å². The van der Waals surface area contributed by atoms with E-state index in [2.05, 4.69) is 5.32 Å². The van der Waals surface area contributed by atoms with Crippen LogP contribution in [0.2, 0.25) is 0 Å². The number of hydrogen-bond acceptors (Lipinski definition) is 4. The van der Waals surface area contributed by atoms with Crippen molar-refractivity contribution in [3.8, 4) is 5.75 Å². The van der Waals surface area contributed by atoms with Crippen molar-refractivity contribution in [2.45, 2.75) is 13.8 Å². The standard InChI is InChI=1S/C21H24N2O4/c1-15-4-3-5-19(16(15)2)27-14-20(24)22-18-8-6-17(7-9-18)21(25)23-10-12-26-13-11-23/h3-9H,10-14H2,1-2H3,(H,22,24). The van der Waals surface area contributed by atoms with Crippen LogP contribution >= 0.6 is 0 Å². The van der Waals surface area contributed by atoms with Crippen LogP contribution in [0.25, 0.3) is 0 Å². The van der Waals surface area contributed by atoms with Gasteiger partial charge >= 0.3 is 0 Å². The van der Waals surface area contributed by atoms with E-state index in [0.29, 0.717) is 43.3 Å². The minimum absolute atomic E-state index is 0.0190. The van der Waals surface area contributed by atoms with Crippen LogP contribution in [0.5, 0.6) is 5.75 Å². The maximum Gasteiger partial charge on any atom is 0.262 e. The van der Waals surface area contributed by atoms with Crippen LogP contribution in [0, 0.1) is 13.8 Å². The minimum Gasteiger partial charge on any atom is -0.483 e. The van der Waals surface area contributed by atoms with Crippen molar-refractivity contribution >= 4 is 17.5 Å². The first-order chi connectivity index (χ1) is 13.0. The van der Waals surface area contributed by atoms with Crippen molar-refractivity contribution < 1.29 is 19.1 Å². The number of ether oxygens (including phenoxy) is 2. The predicted molar refractivity (Wildman–Crippen MR) is 103 cm³/mol. The Hall–Kier alpha value is -2.86. The van der Waals surface area contributed by atoms with Crippen LogP contribution in [0.4, 0.5) is 5.69 Å². The number of morpholine rings is 1. The number of carbonyl (C=O) groups excluding carboxylic acids is 2. The number of rotatable bonds is 5. The molecule has 0 bridgehead atoms. The van der Waals surface area contributed by atoms with Gasteiger partial charge in [-0.3, -0.25) is 9.59 Å². The Balaban J connectivity index is 1.53. The number of amides is 2. The summed E-state index contributed by atoms with van der Waals surface area (Å²) in [5.41, 5.74) is 3.37. The number of anilines is 1. The van der Waals surface area contributed by atoms with Crippen LogP contribution in [0.1, 0.15) is 21.5 Å². The van der Waals surface area contributed by atoms with Gasteiger partial charge in [0.15, 0.2) is 6.61 Å². The van der Waals surface area contributed by atoms with Crippen LogP contribution in [-0.2, 0) is 9.53 Å². The topological polar surface area (TPSA) is 67.9 Å². The lowest BCUT2D eigenvalue weighted by molar-refractivity contribution is -0.118. The molecule has 27 heavy (non-hydrogen) atoms. The van der Waals surface area contributed by atoms with Crippen molar-refractivity contribution in [3.63, 3.8) is 0 Å². The monoisotopic (exact) mass is 368 g/mol. The van der Waals surface area contributed by atoms with E-state index in [1.54, 1.807) is 29.2 Å². The van der Waals surface area contributed by atoms with Crippen LogP contribution in [-0.4, -0.2) is 49.6 Å². The van der Waals surface area contributed by atoms with Gasteiger partial charge in [0.05, 0.1) is 13.2 Å². The summed E-state index contributed by atoms with van der Waals surface area (Å²) >= 11 is 0. The quantitative estimate of drug-likeness (QED) is 0.881. The molecule has 2 aromatic rings. The summed E-state index contributed by atoms with van der Waals surface area (Å²) in [6.45, 7) is 6.24. The summed E-state index contributed by atoms with van der Waals surface area (Å²) in [6, 6.07) is 12.6. The highest BCUT2D eigenvalue weighted by molar-refractivity contribution is 5.96. The molecule has 6 heteroatoms. The highest BCUT2D eigenvalue weighted by Gasteiger charge is 2.18. The first-order valence-corrected chi connectivity index (χ1v) is 9.00. The van der Waals surface area contributed by atoms with Gasteiger partial charge in [0.2, 0.25) is 0 Å². The van der Waals surface area contributed by atoms with Gasteiger partial charge in [-0.2, -0.15) is 0 Å². The molecule has 2 amide bonds. The fourth-order valence-electron chi connectivity index (χ4n) is 2.87. The molecule has 1 aliphatic rings. The molecule has 0 aromatic heterocycles. The van der Waals surface area contributed by atoms with Crippen molar-refractivity contribution in [3.05, 3.63) is 59.2 Å². The van der Waals surface area contributed by atoms with Crippen molar-refractivity contribution in [1.82, 2.24) is 4.90 Å². The third-order valence-corrected chi connectivity index (χ3v) is 4.63. The lowest BCUT2D eigenvalue weighted by atomic mass is 10.1. The van der Waals surface area contributed by atoms with E-state index in [-0.39, 0.29) is 18.4 Å². The van der Waals surface area contributed by atoms with Crippen LogP contribution < -0.4 is 10.1 Å². The van der Waals surface area contributed by atoms with Crippen LogP contribution in [0.15, 0.2) is 42.5 Å². The molecule has 1 fully saturated rings. The van der Waals surface area contributed by atoms with E-state index < -0.39 is 0 Å². The average molecular weight is 368 g/mol. The largest absolute Gasteiger partial charge is 0.483 e. The Morgan fingerprint density at radius 3 is 2.48 bits per heavy atom. The fourth-order valence-corrected chi connectivity index (χ4v) is 2.87. The summed E-state index contributed by atoms with van der Waals surface area (Å²) < 4.78 is 10.9. The Bertz CT molecular complexity index is 811. The first-order valence-electron chi connectivity index (χ1n) is 9.00. The van der Waals surface area contributed by atoms with E-state index >= 15 is 0 Å². The van der Waals surface area contributed by atoms with Crippen molar-refractivity contribution in [2.75, 3.05) is 38.2 Å². The molecular weight excluding hydrogens is 344 g/mol. The number of carbonyl (C=O) groups is 2. The molecule has 142 valence electrons. The second kappa shape index (κ2) is 8.68. The summed E-state index contributed by atoms with van der Waals surface area (Å²) in [5, 5.41) is 2.78. The van der Waals surface area contributed by atoms with Gasteiger partial charge in [-0.1, -0.05) is 12.1 Å². The molecule has 1 aliphatic heterocycles. The van der Waals surface area contributed by atoms with Gasteiger partial charge in [-0.15, -0.1) is 0 Å². The normalized spacial score (nSPS) is 13.9. The number of hydrogen-bond donors (Lipinski definition) is 1. The van der Waals surface area contributed by atoms with Gasteiger partial charge in [0.1, 0.15) is 5.75 Å². The SMILES string of the molecule is Cc1cccc(OCC(=O)Nc2ccc(C(=O)N3CCOCC3)cc2)c1C. The third kappa shape index (κ3) is 4.86. The smallest absolute Gasteiger partial charge is 0.262 e. The Morgan fingerprint density at radius 2 is 1.78 bits per heavy atom. The van der Waals surface area contributed by atoms with E-state index in [4.69, 9.17) is 9.47 Å². The first kappa shape index (κ1) is 18.9. The number of benzene rings is 2. The molecule has 6 nitrogen and oxygen atoms in total. The van der Waals surface area contributed by atoms with E-state index in [1.807, 2.05) is 32.0 Å². The molecular formula is C21H24N2O4. The highest BCUT2D eigenvalue weighted by atomic mass is 16.5. The molecule has 0 spiro atoms. The highest BCUT2D eigenvalue weighted by Crippen LogP contribution is 2.20. The zero-order chi connectivity index (χ0) is 19.2. The lowest BCUT2D eigenvalue weighted by Crippen LogP contribution is -2.40. The minimum atomic E-state index is -0.247. The zero-order valence-corrected chi connectivity index (χ0v) is 15.7. The summed E-state index contributed by atoms with van der Waals surface area (Å²) in [7, 11) is 0. The second-order valence-electron chi connectivity index (χ2n) is 6.52. The predicted octanol–water partition coefficient (Wildman–Crippen LogP) is 2.79. The average Bonchev–Trinajstić information content (AvgIpc) is 2.70. The molecule has 3 rings (SSSR count). The third-order valence-electron chi connectivity index (χ3n) is 4.63. The molecule has 1 saturated heterocycles. The van der Waals surface area contributed by atoms with Gasteiger partial charge in [0, 0.05) is 24.3 Å². The summed E-state index contributed by atoms with van der Waals surface area (Å²) in [6.07, 6.45) is 0. The molecule has 1 heterocycles. The van der Waals surface area contributed by atoms with Crippen molar-refractivity contribution in [1.29, 1.82) is 0 Å². The maximum atomic E-state index is 12.4.